The molecule has 0 bridgehead atoms. The van der Waals surface area contributed by atoms with E-state index in [9.17, 15) is 8.42 Å². The Bertz CT molecular complexity index is 555. The summed E-state index contributed by atoms with van der Waals surface area (Å²) < 4.78 is 23.8. The number of rotatable bonds is 0. The summed E-state index contributed by atoms with van der Waals surface area (Å²) in [5.74, 6) is 0.609. The van der Waals surface area contributed by atoms with Crippen molar-refractivity contribution in [3.63, 3.8) is 0 Å². The average Bonchev–Trinajstić information content (AvgIpc) is 2.38. The van der Waals surface area contributed by atoms with Crippen LogP contribution in [0.1, 0.15) is 5.56 Å². The number of likely N-dealkylation sites (N-methyl/N-ethyl adjacent to an activating group) is 1. The minimum Gasteiger partial charge on any atom is -0.373 e. The highest BCUT2D eigenvalue weighted by Crippen LogP contribution is 2.47. The zero-order valence-electron chi connectivity index (χ0n) is 8.90. The maximum atomic E-state index is 11.4. The summed E-state index contributed by atoms with van der Waals surface area (Å²) in [6.07, 6.45) is 0. The molecule has 16 heavy (non-hydrogen) atoms. The van der Waals surface area contributed by atoms with Gasteiger partial charge in [-0.2, -0.15) is 0 Å². The van der Waals surface area contributed by atoms with Gasteiger partial charge in [0.2, 0.25) is 0 Å². The molecule has 0 aromatic heterocycles. The van der Waals surface area contributed by atoms with Gasteiger partial charge in [-0.25, -0.2) is 8.42 Å². The Morgan fingerprint density at radius 1 is 1.38 bits per heavy atom. The lowest BCUT2D eigenvalue weighted by Crippen LogP contribution is -2.54. The van der Waals surface area contributed by atoms with Crippen molar-refractivity contribution in [2.45, 2.75) is 5.41 Å². The van der Waals surface area contributed by atoms with E-state index in [4.69, 9.17) is 0 Å². The molecule has 0 amide bonds. The van der Waals surface area contributed by atoms with Crippen LogP contribution in [0.4, 0.5) is 5.69 Å². The van der Waals surface area contributed by atoms with Gasteiger partial charge < -0.3 is 4.90 Å². The van der Waals surface area contributed by atoms with E-state index < -0.39 is 9.84 Å². The molecule has 86 valence electrons. The van der Waals surface area contributed by atoms with E-state index >= 15 is 0 Å². The van der Waals surface area contributed by atoms with Crippen molar-refractivity contribution in [1.82, 2.24) is 0 Å². The van der Waals surface area contributed by atoms with Crippen molar-refractivity contribution in [2.24, 2.45) is 0 Å². The molecular weight excluding hydrogens is 290 g/mol. The van der Waals surface area contributed by atoms with Gasteiger partial charge in [0.15, 0.2) is 9.84 Å². The first-order chi connectivity index (χ1) is 7.42. The van der Waals surface area contributed by atoms with Gasteiger partial charge in [0.1, 0.15) is 0 Å². The molecule has 3 rings (SSSR count). The summed E-state index contributed by atoms with van der Waals surface area (Å²) in [5, 5.41) is 0. The van der Waals surface area contributed by atoms with Crippen molar-refractivity contribution < 1.29 is 8.42 Å². The SMILES string of the molecule is CN1CC2(CS(=O)(=O)C2)c2ccc(Br)cc21. The summed E-state index contributed by atoms with van der Waals surface area (Å²) in [6.45, 7) is 0.817. The zero-order chi connectivity index (χ0) is 11.6. The highest BCUT2D eigenvalue weighted by Gasteiger charge is 2.54. The quantitative estimate of drug-likeness (QED) is 0.730. The van der Waals surface area contributed by atoms with E-state index in [-0.39, 0.29) is 5.41 Å². The van der Waals surface area contributed by atoms with Gasteiger partial charge in [0, 0.05) is 29.2 Å². The number of hydrogen-bond acceptors (Lipinski definition) is 3. The molecule has 2 aliphatic rings. The van der Waals surface area contributed by atoms with Crippen molar-refractivity contribution in [3.05, 3.63) is 28.2 Å². The van der Waals surface area contributed by atoms with Gasteiger partial charge in [-0.1, -0.05) is 22.0 Å². The average molecular weight is 302 g/mol. The van der Waals surface area contributed by atoms with Crippen molar-refractivity contribution in [2.75, 3.05) is 30.0 Å². The van der Waals surface area contributed by atoms with Gasteiger partial charge in [0.25, 0.3) is 0 Å². The van der Waals surface area contributed by atoms with Gasteiger partial charge >= 0.3 is 0 Å². The number of anilines is 1. The Morgan fingerprint density at radius 2 is 2.06 bits per heavy atom. The highest BCUT2D eigenvalue weighted by atomic mass is 79.9. The number of hydrogen-bond donors (Lipinski definition) is 0. The van der Waals surface area contributed by atoms with Crippen LogP contribution in [-0.2, 0) is 15.3 Å². The number of sulfone groups is 1. The predicted molar refractivity (Wildman–Crippen MR) is 67.7 cm³/mol. The maximum Gasteiger partial charge on any atom is 0.152 e. The molecule has 3 nitrogen and oxygen atoms in total. The van der Waals surface area contributed by atoms with E-state index in [1.165, 1.54) is 5.56 Å². The third kappa shape index (κ3) is 1.34. The van der Waals surface area contributed by atoms with Gasteiger partial charge in [-0.15, -0.1) is 0 Å². The molecule has 0 radical (unpaired) electrons. The van der Waals surface area contributed by atoms with E-state index in [2.05, 4.69) is 33.0 Å². The fourth-order valence-electron chi connectivity index (χ4n) is 2.94. The summed E-state index contributed by atoms with van der Waals surface area (Å²) in [7, 11) is -0.769. The van der Waals surface area contributed by atoms with E-state index in [1.807, 2.05) is 13.1 Å². The van der Waals surface area contributed by atoms with E-state index in [0.717, 1.165) is 16.7 Å². The van der Waals surface area contributed by atoms with Crippen LogP contribution in [-0.4, -0.2) is 33.5 Å². The minimum absolute atomic E-state index is 0.135. The first-order valence-electron chi connectivity index (χ1n) is 5.14. The summed E-state index contributed by atoms with van der Waals surface area (Å²) in [6, 6.07) is 6.11. The minimum atomic E-state index is -2.79. The smallest absolute Gasteiger partial charge is 0.152 e. The molecular formula is C11H12BrNO2S. The normalized spacial score (nSPS) is 24.2. The van der Waals surface area contributed by atoms with Crippen LogP contribution in [0.3, 0.4) is 0 Å². The first-order valence-corrected chi connectivity index (χ1v) is 7.75. The molecule has 2 heterocycles. The second-order valence-electron chi connectivity index (χ2n) is 4.83. The van der Waals surface area contributed by atoms with Gasteiger partial charge in [-0.05, 0) is 17.7 Å². The number of halogens is 1. The molecule has 5 heteroatoms. The Balaban J connectivity index is 2.11. The fraction of sp³-hybridized carbons (Fsp3) is 0.455. The van der Waals surface area contributed by atoms with Crippen LogP contribution in [0.5, 0.6) is 0 Å². The van der Waals surface area contributed by atoms with Crippen molar-refractivity contribution in [3.8, 4) is 0 Å². The molecule has 1 aromatic carbocycles. The van der Waals surface area contributed by atoms with Crippen LogP contribution in [0.2, 0.25) is 0 Å². The third-order valence-electron chi connectivity index (χ3n) is 3.47. The predicted octanol–water partition coefficient (Wildman–Crippen LogP) is 1.57. The lowest BCUT2D eigenvalue weighted by Gasteiger charge is -2.38. The van der Waals surface area contributed by atoms with Crippen LogP contribution in [0.15, 0.2) is 22.7 Å². The summed E-state index contributed by atoms with van der Waals surface area (Å²) >= 11 is 3.45. The largest absolute Gasteiger partial charge is 0.373 e. The van der Waals surface area contributed by atoms with Crippen molar-refractivity contribution >= 4 is 31.5 Å². The molecule has 1 spiro atoms. The third-order valence-corrected chi connectivity index (χ3v) is 5.95. The lowest BCUT2D eigenvalue weighted by atomic mass is 9.85. The highest BCUT2D eigenvalue weighted by molar-refractivity contribution is 9.10. The number of benzene rings is 1. The number of nitrogens with zero attached hydrogens (tertiary/aromatic N) is 1. The zero-order valence-corrected chi connectivity index (χ0v) is 11.3. The molecule has 0 atom stereocenters. The summed E-state index contributed by atoms with van der Waals surface area (Å²) in [4.78, 5) is 2.15. The standard InChI is InChI=1S/C11H12BrNO2S/c1-13-5-11(6-16(14,15)7-11)9-3-2-8(12)4-10(9)13/h2-4H,5-7H2,1H3. The lowest BCUT2D eigenvalue weighted by molar-refractivity contribution is 0.479. The first kappa shape index (κ1) is 10.6. The molecule has 0 unspecified atom stereocenters. The monoisotopic (exact) mass is 301 g/mol. The fourth-order valence-corrected chi connectivity index (χ4v) is 5.38. The Labute approximate surface area is 103 Å². The molecule has 0 aliphatic carbocycles. The molecule has 1 aromatic rings. The Hall–Kier alpha value is -0.550. The van der Waals surface area contributed by atoms with Gasteiger partial charge in [0.05, 0.1) is 11.5 Å². The molecule has 0 saturated carbocycles. The Kier molecular flexibility index (Phi) is 2.00. The van der Waals surface area contributed by atoms with Crippen LogP contribution >= 0.6 is 15.9 Å². The molecule has 1 fully saturated rings. The van der Waals surface area contributed by atoms with E-state index in [1.54, 1.807) is 0 Å². The van der Waals surface area contributed by atoms with Gasteiger partial charge in [-0.3, -0.25) is 0 Å². The van der Waals surface area contributed by atoms with Crippen LogP contribution < -0.4 is 4.90 Å². The molecule has 2 aliphatic heterocycles. The second kappa shape index (κ2) is 3.01. The van der Waals surface area contributed by atoms with Crippen molar-refractivity contribution in [1.29, 1.82) is 0 Å². The van der Waals surface area contributed by atoms with Crippen LogP contribution in [0, 0.1) is 0 Å². The second-order valence-corrected chi connectivity index (χ2v) is 7.81. The molecule has 1 saturated heterocycles. The maximum absolute atomic E-state index is 11.4. The topological polar surface area (TPSA) is 37.4 Å². The summed E-state index contributed by atoms with van der Waals surface area (Å²) in [5.41, 5.74) is 2.21. The van der Waals surface area contributed by atoms with Crippen LogP contribution in [0.25, 0.3) is 0 Å². The number of fused-ring (bicyclic) bond motifs is 2. The Morgan fingerprint density at radius 3 is 2.69 bits per heavy atom. The molecule has 0 N–H and O–H groups in total. The van der Waals surface area contributed by atoms with E-state index in [0.29, 0.717) is 11.5 Å².